The quantitative estimate of drug-likeness (QED) is 0.358. The van der Waals surface area contributed by atoms with Crippen molar-refractivity contribution in [3.8, 4) is 0 Å². The second-order valence-electron chi connectivity index (χ2n) is 6.92. The Bertz CT molecular complexity index is 551. The zero-order valence-corrected chi connectivity index (χ0v) is 16.6. The van der Waals surface area contributed by atoms with Crippen LogP contribution in [0.4, 0.5) is 0 Å². The molecule has 1 saturated heterocycles. The number of carboxylic acids is 1. The molecule has 6 nitrogen and oxygen atoms in total. The van der Waals surface area contributed by atoms with Gasteiger partial charge in [0.05, 0.1) is 30.5 Å². The Balaban J connectivity index is 2.16. The summed E-state index contributed by atoms with van der Waals surface area (Å²) < 4.78 is 5.61. The summed E-state index contributed by atoms with van der Waals surface area (Å²) >= 11 is 0. The summed E-state index contributed by atoms with van der Waals surface area (Å²) in [6.45, 7) is 1.93. The molecule has 1 rings (SSSR count). The maximum Gasteiger partial charge on any atom is 0.303 e. The van der Waals surface area contributed by atoms with E-state index in [9.17, 15) is 20.1 Å². The number of allylic oxidation sites excluding steroid dienone is 5. The van der Waals surface area contributed by atoms with Crippen molar-refractivity contribution in [1.82, 2.24) is 0 Å². The lowest BCUT2D eigenvalue weighted by Gasteiger charge is -2.16. The molecule has 0 aromatic rings. The number of carboxylic acid groups (broad SMARTS) is 1. The SMILES string of the molecule is CC[C@H]1O[C@H]([C@@H](O)/C=C/[C@H](O)C/C=C\C/C=C\C/C=C\CCC(=O)O)C[C@H]1O. The Morgan fingerprint density at radius 2 is 1.71 bits per heavy atom. The summed E-state index contributed by atoms with van der Waals surface area (Å²) in [5.74, 6) is -0.785. The smallest absolute Gasteiger partial charge is 0.303 e. The van der Waals surface area contributed by atoms with E-state index in [0.717, 1.165) is 12.8 Å². The highest BCUT2D eigenvalue weighted by Crippen LogP contribution is 2.25. The summed E-state index contributed by atoms with van der Waals surface area (Å²) in [6, 6.07) is 0. The molecular weight excluding hydrogens is 360 g/mol. The van der Waals surface area contributed by atoms with E-state index in [-0.39, 0.29) is 12.5 Å². The van der Waals surface area contributed by atoms with E-state index >= 15 is 0 Å². The van der Waals surface area contributed by atoms with E-state index in [2.05, 4.69) is 0 Å². The summed E-state index contributed by atoms with van der Waals surface area (Å²) in [4.78, 5) is 10.3. The Morgan fingerprint density at radius 3 is 2.32 bits per heavy atom. The average Bonchev–Trinajstić information content (AvgIpc) is 3.04. The molecule has 0 aliphatic carbocycles. The van der Waals surface area contributed by atoms with Crippen LogP contribution in [0.15, 0.2) is 48.6 Å². The van der Waals surface area contributed by atoms with Gasteiger partial charge in [-0.3, -0.25) is 4.79 Å². The Kier molecular flexibility index (Phi) is 12.4. The molecule has 5 atom stereocenters. The molecule has 0 bridgehead atoms. The van der Waals surface area contributed by atoms with Crippen LogP contribution < -0.4 is 0 Å². The highest BCUT2D eigenvalue weighted by molar-refractivity contribution is 5.66. The standard InChI is InChI=1S/C22H34O6/c1-2-20-19(25)16-21(28-20)18(24)15-14-17(23)12-10-8-6-4-3-5-7-9-11-13-22(26)27/h3-4,7-10,14-15,17-21,23-25H,2,5-6,11-13,16H2,1H3,(H,26,27)/b4-3-,9-7-,10-8-,15-14+/t17-,18+,19-,20-,21+/m1/s1. The second-order valence-corrected chi connectivity index (χ2v) is 6.92. The number of aliphatic carboxylic acids is 1. The first-order valence-electron chi connectivity index (χ1n) is 9.98. The van der Waals surface area contributed by atoms with Gasteiger partial charge in [0.25, 0.3) is 0 Å². The fourth-order valence-corrected chi connectivity index (χ4v) is 2.90. The molecule has 1 aliphatic heterocycles. The number of aliphatic hydroxyl groups is 3. The zero-order valence-electron chi connectivity index (χ0n) is 16.6. The van der Waals surface area contributed by atoms with Crippen molar-refractivity contribution in [2.45, 2.75) is 82.4 Å². The summed E-state index contributed by atoms with van der Waals surface area (Å²) in [6.07, 6.45) is 15.9. The minimum atomic E-state index is -0.837. The number of hydrogen-bond acceptors (Lipinski definition) is 5. The van der Waals surface area contributed by atoms with Crippen LogP contribution in [-0.2, 0) is 9.53 Å². The average molecular weight is 395 g/mol. The summed E-state index contributed by atoms with van der Waals surface area (Å²) in [5.41, 5.74) is 0. The Morgan fingerprint density at radius 1 is 1.07 bits per heavy atom. The van der Waals surface area contributed by atoms with Gasteiger partial charge in [-0.25, -0.2) is 0 Å². The van der Waals surface area contributed by atoms with Crippen LogP contribution in [0.1, 0.15) is 51.9 Å². The van der Waals surface area contributed by atoms with Gasteiger partial charge >= 0.3 is 5.97 Å². The summed E-state index contributed by atoms with van der Waals surface area (Å²) in [7, 11) is 0. The van der Waals surface area contributed by atoms with Gasteiger partial charge < -0.3 is 25.2 Å². The molecule has 0 aromatic carbocycles. The number of hydrogen-bond donors (Lipinski definition) is 4. The molecule has 0 saturated carbocycles. The van der Waals surface area contributed by atoms with E-state index in [1.807, 2.05) is 43.4 Å². The van der Waals surface area contributed by atoms with Crippen LogP contribution in [0, 0.1) is 0 Å². The van der Waals surface area contributed by atoms with Crippen LogP contribution in [0.2, 0.25) is 0 Å². The number of aliphatic hydroxyl groups excluding tert-OH is 3. The van der Waals surface area contributed by atoms with Crippen molar-refractivity contribution in [3.63, 3.8) is 0 Å². The minimum absolute atomic E-state index is 0.158. The van der Waals surface area contributed by atoms with Gasteiger partial charge in [0.15, 0.2) is 0 Å². The maximum absolute atomic E-state index is 10.3. The lowest BCUT2D eigenvalue weighted by atomic mass is 10.1. The minimum Gasteiger partial charge on any atom is -0.481 e. The van der Waals surface area contributed by atoms with Gasteiger partial charge in [0, 0.05) is 12.8 Å². The third kappa shape index (κ3) is 10.6. The highest BCUT2D eigenvalue weighted by atomic mass is 16.5. The zero-order chi connectivity index (χ0) is 20.8. The van der Waals surface area contributed by atoms with Crippen molar-refractivity contribution in [2.75, 3.05) is 0 Å². The van der Waals surface area contributed by atoms with E-state index in [0.29, 0.717) is 25.7 Å². The van der Waals surface area contributed by atoms with Gasteiger partial charge in [-0.05, 0) is 32.1 Å². The van der Waals surface area contributed by atoms with E-state index in [4.69, 9.17) is 9.84 Å². The van der Waals surface area contributed by atoms with Gasteiger partial charge in [0.2, 0.25) is 0 Å². The predicted molar refractivity (Wildman–Crippen MR) is 109 cm³/mol. The molecular formula is C22H34O6. The molecule has 1 aliphatic rings. The summed E-state index contributed by atoms with van der Waals surface area (Å²) in [5, 5.41) is 38.4. The first kappa shape index (κ1) is 24.3. The number of carbonyl (C=O) groups is 1. The predicted octanol–water partition coefficient (Wildman–Crippen LogP) is 2.90. The lowest BCUT2D eigenvalue weighted by molar-refractivity contribution is -0.136. The fourth-order valence-electron chi connectivity index (χ4n) is 2.90. The molecule has 0 amide bonds. The fraction of sp³-hybridized carbons (Fsp3) is 0.591. The van der Waals surface area contributed by atoms with Crippen molar-refractivity contribution in [2.24, 2.45) is 0 Å². The molecule has 0 spiro atoms. The number of ether oxygens (including phenoxy) is 1. The van der Waals surface area contributed by atoms with Crippen LogP contribution in [-0.4, -0.2) is 56.9 Å². The monoisotopic (exact) mass is 394 g/mol. The first-order valence-corrected chi connectivity index (χ1v) is 9.98. The van der Waals surface area contributed by atoms with Gasteiger partial charge in [-0.15, -0.1) is 0 Å². The largest absolute Gasteiger partial charge is 0.481 e. The molecule has 0 aromatic heterocycles. The van der Waals surface area contributed by atoms with E-state index in [1.54, 1.807) is 6.08 Å². The molecule has 1 fully saturated rings. The van der Waals surface area contributed by atoms with Crippen LogP contribution in [0.5, 0.6) is 0 Å². The third-order valence-corrected chi connectivity index (χ3v) is 4.51. The van der Waals surface area contributed by atoms with Crippen molar-refractivity contribution >= 4 is 5.97 Å². The Labute approximate surface area is 167 Å². The topological polar surface area (TPSA) is 107 Å². The highest BCUT2D eigenvalue weighted by Gasteiger charge is 2.35. The molecule has 158 valence electrons. The van der Waals surface area contributed by atoms with E-state index < -0.39 is 30.4 Å². The molecule has 0 radical (unpaired) electrons. The molecule has 28 heavy (non-hydrogen) atoms. The van der Waals surface area contributed by atoms with E-state index in [1.165, 1.54) is 6.08 Å². The van der Waals surface area contributed by atoms with Gasteiger partial charge in [-0.2, -0.15) is 0 Å². The van der Waals surface area contributed by atoms with Crippen LogP contribution in [0.25, 0.3) is 0 Å². The van der Waals surface area contributed by atoms with Gasteiger partial charge in [0.1, 0.15) is 0 Å². The van der Waals surface area contributed by atoms with Crippen molar-refractivity contribution < 1.29 is 30.0 Å². The number of rotatable bonds is 13. The third-order valence-electron chi connectivity index (χ3n) is 4.51. The molecule has 0 unspecified atom stereocenters. The van der Waals surface area contributed by atoms with Crippen molar-refractivity contribution in [1.29, 1.82) is 0 Å². The normalized spacial score (nSPS) is 25.5. The second kappa shape index (κ2) is 14.3. The lowest BCUT2D eigenvalue weighted by Crippen LogP contribution is -2.24. The van der Waals surface area contributed by atoms with Gasteiger partial charge in [-0.1, -0.05) is 55.5 Å². The van der Waals surface area contributed by atoms with Crippen LogP contribution >= 0.6 is 0 Å². The maximum atomic E-state index is 10.3. The molecule has 6 heteroatoms. The Hall–Kier alpha value is -1.73. The molecule has 1 heterocycles. The molecule has 4 N–H and O–H groups in total. The van der Waals surface area contributed by atoms with Crippen molar-refractivity contribution in [3.05, 3.63) is 48.6 Å². The van der Waals surface area contributed by atoms with Crippen LogP contribution in [0.3, 0.4) is 0 Å². The first-order chi connectivity index (χ1) is 13.4.